The van der Waals surface area contributed by atoms with Gasteiger partial charge in [0.2, 0.25) is 0 Å². The molecule has 1 N–H and O–H groups in total. The Bertz CT molecular complexity index is 1010. The minimum atomic E-state index is -0.0478. The number of nitrogens with zero attached hydrogens (tertiary/aromatic N) is 4. The van der Waals surface area contributed by atoms with Gasteiger partial charge in [-0.2, -0.15) is 0 Å². The Kier molecular flexibility index (Phi) is 5.44. The SMILES string of the molecule is CSc1nc(-c2ccco2)nc(C)c1C(=O)N1CCN(c2cccc(O)c2)CC1. The lowest BCUT2D eigenvalue weighted by molar-refractivity contribution is 0.0741. The highest BCUT2D eigenvalue weighted by molar-refractivity contribution is 7.98. The van der Waals surface area contributed by atoms with Crippen molar-refractivity contribution in [1.82, 2.24) is 14.9 Å². The molecule has 1 fully saturated rings. The van der Waals surface area contributed by atoms with Gasteiger partial charge in [-0.3, -0.25) is 4.79 Å². The average Bonchev–Trinajstić information content (AvgIpc) is 3.28. The molecule has 1 amide bonds. The number of hydrogen-bond acceptors (Lipinski definition) is 7. The molecular weight excluding hydrogens is 388 g/mol. The van der Waals surface area contributed by atoms with Gasteiger partial charge in [-0.1, -0.05) is 6.07 Å². The van der Waals surface area contributed by atoms with Crippen LogP contribution in [0.2, 0.25) is 0 Å². The van der Waals surface area contributed by atoms with Crippen LogP contribution in [0.4, 0.5) is 5.69 Å². The summed E-state index contributed by atoms with van der Waals surface area (Å²) in [6.45, 7) is 4.44. The molecule has 8 heteroatoms. The second kappa shape index (κ2) is 8.16. The number of hydrogen-bond donors (Lipinski definition) is 1. The number of carbonyl (C=O) groups excluding carboxylic acids is 1. The van der Waals surface area contributed by atoms with Crippen LogP contribution < -0.4 is 4.90 Å². The molecule has 0 unspecified atom stereocenters. The van der Waals surface area contributed by atoms with E-state index in [4.69, 9.17) is 4.42 Å². The predicted octanol–water partition coefficient (Wildman–Crippen LogP) is 3.43. The Morgan fingerprint density at radius 1 is 1.14 bits per heavy atom. The Morgan fingerprint density at radius 2 is 1.93 bits per heavy atom. The van der Waals surface area contributed by atoms with Crippen LogP contribution in [-0.4, -0.2) is 58.3 Å². The molecule has 3 heterocycles. The maximum atomic E-state index is 13.2. The second-order valence-corrected chi connectivity index (χ2v) is 7.59. The highest BCUT2D eigenvalue weighted by Crippen LogP contribution is 2.27. The number of thioether (sulfide) groups is 1. The zero-order valence-corrected chi connectivity index (χ0v) is 17.1. The standard InChI is InChI=1S/C21H22N4O3S/c1-14-18(20(29-2)23-19(22-14)17-7-4-12-28-17)21(27)25-10-8-24(9-11-25)15-5-3-6-16(26)13-15/h3-7,12-13,26H,8-11H2,1-2H3. The van der Waals surface area contributed by atoms with E-state index in [9.17, 15) is 9.90 Å². The fraction of sp³-hybridized carbons (Fsp3) is 0.286. The first-order valence-electron chi connectivity index (χ1n) is 9.36. The molecule has 1 aliphatic rings. The van der Waals surface area contributed by atoms with Gasteiger partial charge in [0.15, 0.2) is 11.6 Å². The summed E-state index contributed by atoms with van der Waals surface area (Å²) in [5.41, 5.74) is 2.17. The molecule has 1 aromatic carbocycles. The van der Waals surface area contributed by atoms with E-state index >= 15 is 0 Å². The van der Waals surface area contributed by atoms with E-state index in [1.54, 1.807) is 30.5 Å². The Balaban J connectivity index is 1.53. The van der Waals surface area contributed by atoms with Gasteiger partial charge in [0.05, 0.1) is 17.5 Å². The van der Waals surface area contributed by atoms with Crippen molar-refractivity contribution in [3.05, 3.63) is 53.9 Å². The smallest absolute Gasteiger partial charge is 0.258 e. The summed E-state index contributed by atoms with van der Waals surface area (Å²) in [5.74, 6) is 1.27. The van der Waals surface area contributed by atoms with E-state index in [1.807, 2.05) is 30.2 Å². The molecule has 1 aliphatic heterocycles. The summed E-state index contributed by atoms with van der Waals surface area (Å²) in [4.78, 5) is 26.3. The highest BCUT2D eigenvalue weighted by Gasteiger charge is 2.27. The third-order valence-electron chi connectivity index (χ3n) is 4.97. The summed E-state index contributed by atoms with van der Waals surface area (Å²) < 4.78 is 5.40. The Labute approximate surface area is 173 Å². The first kappa shape index (κ1) is 19.3. The Hall–Kier alpha value is -3.00. The molecule has 2 aromatic heterocycles. The molecule has 150 valence electrons. The minimum Gasteiger partial charge on any atom is -0.508 e. The summed E-state index contributed by atoms with van der Waals surface area (Å²) in [6, 6.07) is 10.8. The number of furan rings is 1. The van der Waals surface area contributed by atoms with E-state index in [0.717, 1.165) is 5.69 Å². The van der Waals surface area contributed by atoms with Crippen LogP contribution >= 0.6 is 11.8 Å². The van der Waals surface area contributed by atoms with Crippen molar-refractivity contribution in [2.24, 2.45) is 0 Å². The van der Waals surface area contributed by atoms with Crippen molar-refractivity contribution < 1.29 is 14.3 Å². The number of aromatic hydroxyl groups is 1. The number of amides is 1. The minimum absolute atomic E-state index is 0.0478. The normalized spacial score (nSPS) is 14.3. The first-order chi connectivity index (χ1) is 14.1. The number of carbonyl (C=O) groups is 1. The quantitative estimate of drug-likeness (QED) is 0.521. The topological polar surface area (TPSA) is 82.7 Å². The zero-order valence-electron chi connectivity index (χ0n) is 16.3. The molecule has 0 radical (unpaired) electrons. The number of benzene rings is 1. The fourth-order valence-corrected chi connectivity index (χ4v) is 4.09. The Morgan fingerprint density at radius 3 is 2.59 bits per heavy atom. The number of phenols is 1. The molecule has 0 spiro atoms. The summed E-state index contributed by atoms with van der Waals surface area (Å²) in [7, 11) is 0. The van der Waals surface area contributed by atoms with Crippen LogP contribution in [0.15, 0.2) is 52.1 Å². The number of aryl methyl sites for hydroxylation is 1. The van der Waals surface area contributed by atoms with Crippen molar-refractivity contribution in [3.63, 3.8) is 0 Å². The van der Waals surface area contributed by atoms with Crippen molar-refractivity contribution in [2.45, 2.75) is 11.9 Å². The van der Waals surface area contributed by atoms with Crippen molar-refractivity contribution in [1.29, 1.82) is 0 Å². The average molecular weight is 410 g/mol. The monoisotopic (exact) mass is 410 g/mol. The van der Waals surface area contributed by atoms with Gasteiger partial charge in [-0.15, -0.1) is 11.8 Å². The van der Waals surface area contributed by atoms with Crippen LogP contribution in [0.3, 0.4) is 0 Å². The zero-order chi connectivity index (χ0) is 20.4. The van der Waals surface area contributed by atoms with E-state index in [-0.39, 0.29) is 11.7 Å². The first-order valence-corrected chi connectivity index (χ1v) is 10.6. The third-order valence-corrected chi connectivity index (χ3v) is 5.65. The molecule has 0 bridgehead atoms. The van der Waals surface area contributed by atoms with Crippen LogP contribution in [0.25, 0.3) is 11.6 Å². The van der Waals surface area contributed by atoms with Crippen LogP contribution in [0.1, 0.15) is 16.1 Å². The van der Waals surface area contributed by atoms with Gasteiger partial charge < -0.3 is 19.3 Å². The molecule has 7 nitrogen and oxygen atoms in total. The third kappa shape index (κ3) is 3.93. The van der Waals surface area contributed by atoms with Crippen molar-refractivity contribution >= 4 is 23.4 Å². The van der Waals surface area contributed by atoms with E-state index < -0.39 is 0 Å². The predicted molar refractivity (Wildman–Crippen MR) is 112 cm³/mol. The fourth-order valence-electron chi connectivity index (χ4n) is 3.47. The van der Waals surface area contributed by atoms with Crippen LogP contribution in [0.5, 0.6) is 5.75 Å². The van der Waals surface area contributed by atoms with Gasteiger partial charge in [-0.05, 0) is 37.4 Å². The van der Waals surface area contributed by atoms with Gasteiger partial charge in [0.1, 0.15) is 10.8 Å². The molecule has 3 aromatic rings. The van der Waals surface area contributed by atoms with Crippen molar-refractivity contribution in [3.8, 4) is 17.3 Å². The van der Waals surface area contributed by atoms with Gasteiger partial charge in [0, 0.05) is 37.9 Å². The van der Waals surface area contributed by atoms with Crippen LogP contribution in [-0.2, 0) is 0 Å². The number of anilines is 1. The number of phenolic OH excluding ortho intramolecular Hbond substituents is 1. The van der Waals surface area contributed by atoms with Gasteiger partial charge >= 0.3 is 0 Å². The lowest BCUT2D eigenvalue weighted by atomic mass is 10.1. The van der Waals surface area contributed by atoms with E-state index in [1.165, 1.54) is 11.8 Å². The van der Waals surface area contributed by atoms with E-state index in [2.05, 4.69) is 14.9 Å². The maximum absolute atomic E-state index is 13.2. The summed E-state index contributed by atoms with van der Waals surface area (Å²) in [6.07, 6.45) is 3.49. The lowest BCUT2D eigenvalue weighted by Crippen LogP contribution is -2.49. The van der Waals surface area contributed by atoms with Crippen molar-refractivity contribution in [2.75, 3.05) is 37.3 Å². The largest absolute Gasteiger partial charge is 0.508 e. The van der Waals surface area contributed by atoms with E-state index in [0.29, 0.717) is 54.0 Å². The van der Waals surface area contributed by atoms with Gasteiger partial charge in [-0.25, -0.2) is 9.97 Å². The number of rotatable bonds is 4. The molecule has 0 aliphatic carbocycles. The maximum Gasteiger partial charge on any atom is 0.258 e. The molecule has 0 saturated carbocycles. The van der Waals surface area contributed by atoms with Crippen LogP contribution in [0, 0.1) is 6.92 Å². The molecule has 1 saturated heterocycles. The second-order valence-electron chi connectivity index (χ2n) is 6.79. The number of aromatic nitrogens is 2. The molecule has 4 rings (SSSR count). The lowest BCUT2D eigenvalue weighted by Gasteiger charge is -2.36. The summed E-state index contributed by atoms with van der Waals surface area (Å²) in [5, 5.41) is 10.4. The van der Waals surface area contributed by atoms with Gasteiger partial charge in [0.25, 0.3) is 5.91 Å². The number of piperazine rings is 1. The summed E-state index contributed by atoms with van der Waals surface area (Å²) >= 11 is 1.43. The molecule has 0 atom stereocenters. The molecular formula is C21H22N4O3S. The molecule has 29 heavy (non-hydrogen) atoms. The highest BCUT2D eigenvalue weighted by atomic mass is 32.2.